The number of nitrogens with one attached hydrogen (secondary N) is 2. The van der Waals surface area contributed by atoms with E-state index in [0.717, 1.165) is 36.8 Å². The summed E-state index contributed by atoms with van der Waals surface area (Å²) in [6, 6.07) is 15.7. The van der Waals surface area contributed by atoms with Crippen LogP contribution in [-0.2, 0) is 0 Å². The number of likely N-dealkylation sites (N-methyl/N-ethyl adjacent to an activating group) is 1. The minimum absolute atomic E-state index is 0.0342. The summed E-state index contributed by atoms with van der Waals surface area (Å²) in [6.07, 6.45) is 0.829. The maximum atomic E-state index is 13.5. The zero-order valence-electron chi connectivity index (χ0n) is 19.4. The van der Waals surface area contributed by atoms with Gasteiger partial charge in [-0.05, 0) is 56.2 Å². The normalized spacial score (nSPS) is 14.6. The lowest BCUT2D eigenvalue weighted by atomic mass is 10.2. The Morgan fingerprint density at radius 3 is 2.82 bits per heavy atom. The van der Waals surface area contributed by atoms with Crippen LogP contribution in [0.3, 0.4) is 0 Å². The number of anilines is 3. The monoisotopic (exact) mass is 465 g/mol. The predicted octanol–water partition coefficient (Wildman–Crippen LogP) is 4.40. The van der Waals surface area contributed by atoms with E-state index in [1.807, 2.05) is 73.3 Å². The van der Waals surface area contributed by atoms with Crippen LogP contribution < -0.4 is 25.2 Å². The van der Waals surface area contributed by atoms with Gasteiger partial charge >= 0.3 is 0 Å². The average molecular weight is 466 g/mol. The van der Waals surface area contributed by atoms with Crippen LogP contribution in [0, 0.1) is 0 Å². The van der Waals surface area contributed by atoms with Crippen LogP contribution in [-0.4, -0.2) is 51.2 Å². The van der Waals surface area contributed by atoms with Crippen LogP contribution in [0.15, 0.2) is 53.9 Å². The lowest BCUT2D eigenvalue weighted by Crippen LogP contribution is -2.33. The minimum atomic E-state index is -0.0490. The fraction of sp³-hybridized carbons (Fsp3) is 0.360. The van der Waals surface area contributed by atoms with E-state index in [0.29, 0.717) is 24.5 Å². The van der Waals surface area contributed by atoms with Gasteiger partial charge in [-0.1, -0.05) is 12.1 Å². The highest BCUT2D eigenvalue weighted by Crippen LogP contribution is 2.32. The molecule has 7 nitrogen and oxygen atoms in total. The van der Waals surface area contributed by atoms with E-state index in [1.165, 1.54) is 4.88 Å². The Hall–Kier alpha value is -3.10. The fourth-order valence-corrected chi connectivity index (χ4v) is 4.72. The van der Waals surface area contributed by atoms with Crippen molar-refractivity contribution < 1.29 is 9.53 Å². The Bertz CT molecular complexity index is 1070. The standard InChI is InChI=1S/C25H31N5O2S/c1-4-27-23-11-10-20-24(28-23)29(3)14-15-30(25(20)31)18-7-5-8-19(17-18)32-21(12-13-26-2)22-9-6-16-33-22/h5-11,16-17,21,26H,4,12-15H2,1-3H3,(H,27,28). The van der Waals surface area contributed by atoms with Crippen LogP contribution in [0.4, 0.5) is 17.3 Å². The molecule has 2 aromatic heterocycles. The molecule has 0 bridgehead atoms. The highest BCUT2D eigenvalue weighted by atomic mass is 32.1. The molecule has 1 unspecified atom stereocenters. The Balaban J connectivity index is 1.59. The fourth-order valence-electron chi connectivity index (χ4n) is 3.93. The van der Waals surface area contributed by atoms with Crippen molar-refractivity contribution in [2.45, 2.75) is 19.4 Å². The molecule has 3 heterocycles. The molecule has 174 valence electrons. The molecule has 0 saturated carbocycles. The number of benzene rings is 1. The summed E-state index contributed by atoms with van der Waals surface area (Å²) in [4.78, 5) is 23.2. The maximum Gasteiger partial charge on any atom is 0.262 e. The molecule has 2 N–H and O–H groups in total. The molecule has 1 aliphatic heterocycles. The van der Waals surface area contributed by atoms with Gasteiger partial charge in [0.1, 0.15) is 23.5 Å². The molecule has 1 aromatic carbocycles. The van der Waals surface area contributed by atoms with E-state index in [4.69, 9.17) is 4.74 Å². The Morgan fingerprint density at radius 1 is 1.18 bits per heavy atom. The minimum Gasteiger partial charge on any atom is -0.485 e. The number of carbonyl (C=O) groups is 1. The molecular formula is C25H31N5O2S. The van der Waals surface area contributed by atoms with Gasteiger partial charge < -0.3 is 25.2 Å². The van der Waals surface area contributed by atoms with Crippen LogP contribution >= 0.6 is 11.3 Å². The number of thiophene rings is 1. The summed E-state index contributed by atoms with van der Waals surface area (Å²) < 4.78 is 6.39. The molecular weight excluding hydrogens is 434 g/mol. The van der Waals surface area contributed by atoms with Crippen LogP contribution in [0.5, 0.6) is 5.75 Å². The lowest BCUT2D eigenvalue weighted by Gasteiger charge is -2.23. The summed E-state index contributed by atoms with van der Waals surface area (Å²) in [7, 11) is 3.92. The van der Waals surface area contributed by atoms with Crippen molar-refractivity contribution in [3.8, 4) is 5.75 Å². The number of hydrogen-bond acceptors (Lipinski definition) is 7. The van der Waals surface area contributed by atoms with Gasteiger partial charge in [0.25, 0.3) is 5.91 Å². The van der Waals surface area contributed by atoms with E-state index >= 15 is 0 Å². The molecule has 0 fully saturated rings. The molecule has 3 aromatic rings. The van der Waals surface area contributed by atoms with Gasteiger partial charge in [-0.2, -0.15) is 0 Å². The number of aromatic nitrogens is 1. The Morgan fingerprint density at radius 2 is 2.06 bits per heavy atom. The summed E-state index contributed by atoms with van der Waals surface area (Å²) in [5.74, 6) is 2.19. The highest BCUT2D eigenvalue weighted by molar-refractivity contribution is 7.10. The van der Waals surface area contributed by atoms with Crippen molar-refractivity contribution in [1.29, 1.82) is 0 Å². The highest BCUT2D eigenvalue weighted by Gasteiger charge is 2.27. The number of carbonyl (C=O) groups excluding carboxylic acids is 1. The Labute approximate surface area is 199 Å². The second kappa shape index (κ2) is 10.7. The SMILES string of the molecule is CCNc1ccc2c(n1)N(C)CCN(c1cccc(OC(CCNC)c3cccs3)c1)C2=O. The third kappa shape index (κ3) is 5.29. The molecule has 0 radical (unpaired) electrons. The molecule has 0 saturated heterocycles. The third-order valence-electron chi connectivity index (χ3n) is 5.65. The molecule has 1 aliphatic rings. The largest absolute Gasteiger partial charge is 0.485 e. The molecule has 1 amide bonds. The molecule has 8 heteroatoms. The zero-order chi connectivity index (χ0) is 23.2. The first kappa shape index (κ1) is 23.1. The summed E-state index contributed by atoms with van der Waals surface area (Å²) in [6.45, 7) is 4.92. The van der Waals surface area contributed by atoms with E-state index in [2.05, 4.69) is 27.1 Å². The number of nitrogens with zero attached hydrogens (tertiary/aromatic N) is 3. The van der Waals surface area contributed by atoms with E-state index < -0.39 is 0 Å². The lowest BCUT2D eigenvalue weighted by molar-refractivity contribution is 0.0990. The molecule has 1 atom stereocenters. The first-order chi connectivity index (χ1) is 16.1. The number of amides is 1. The van der Waals surface area contributed by atoms with Crippen molar-refractivity contribution in [3.05, 3.63) is 64.4 Å². The number of pyridine rings is 1. The summed E-state index contributed by atoms with van der Waals surface area (Å²) >= 11 is 1.70. The van der Waals surface area contributed by atoms with Crippen molar-refractivity contribution >= 4 is 34.6 Å². The van der Waals surface area contributed by atoms with Gasteiger partial charge in [-0.3, -0.25) is 4.79 Å². The van der Waals surface area contributed by atoms with Crippen LogP contribution in [0.2, 0.25) is 0 Å². The van der Waals surface area contributed by atoms with Gasteiger partial charge in [0.2, 0.25) is 0 Å². The van der Waals surface area contributed by atoms with Gasteiger partial charge in [0.15, 0.2) is 0 Å². The molecule has 4 rings (SSSR count). The number of hydrogen-bond donors (Lipinski definition) is 2. The maximum absolute atomic E-state index is 13.5. The van der Waals surface area contributed by atoms with Crippen molar-refractivity contribution in [3.63, 3.8) is 0 Å². The predicted molar refractivity (Wildman–Crippen MR) is 136 cm³/mol. The quantitative estimate of drug-likeness (QED) is 0.488. The first-order valence-corrected chi connectivity index (χ1v) is 12.2. The average Bonchev–Trinajstić information content (AvgIpc) is 3.33. The van der Waals surface area contributed by atoms with E-state index in [-0.39, 0.29) is 12.0 Å². The van der Waals surface area contributed by atoms with Crippen LogP contribution in [0.1, 0.15) is 34.7 Å². The zero-order valence-corrected chi connectivity index (χ0v) is 20.2. The van der Waals surface area contributed by atoms with Crippen LogP contribution in [0.25, 0.3) is 0 Å². The van der Waals surface area contributed by atoms with Gasteiger partial charge in [0, 0.05) is 49.7 Å². The van der Waals surface area contributed by atoms with E-state index in [9.17, 15) is 4.79 Å². The molecule has 33 heavy (non-hydrogen) atoms. The number of fused-ring (bicyclic) bond motifs is 1. The van der Waals surface area contributed by atoms with Gasteiger partial charge in [0.05, 0.1) is 5.56 Å². The molecule has 0 aliphatic carbocycles. The Kier molecular flexibility index (Phi) is 7.47. The van der Waals surface area contributed by atoms with E-state index in [1.54, 1.807) is 11.3 Å². The second-order valence-electron chi connectivity index (χ2n) is 7.99. The van der Waals surface area contributed by atoms with Crippen molar-refractivity contribution in [2.75, 3.05) is 55.4 Å². The van der Waals surface area contributed by atoms with Crippen molar-refractivity contribution in [1.82, 2.24) is 10.3 Å². The third-order valence-corrected chi connectivity index (χ3v) is 6.62. The van der Waals surface area contributed by atoms with Gasteiger partial charge in [-0.25, -0.2) is 4.98 Å². The number of ether oxygens (including phenoxy) is 1. The first-order valence-electron chi connectivity index (χ1n) is 11.3. The number of rotatable bonds is 9. The second-order valence-corrected chi connectivity index (χ2v) is 8.97. The van der Waals surface area contributed by atoms with Gasteiger partial charge in [-0.15, -0.1) is 11.3 Å². The molecule has 0 spiro atoms. The summed E-state index contributed by atoms with van der Waals surface area (Å²) in [5.41, 5.74) is 1.43. The summed E-state index contributed by atoms with van der Waals surface area (Å²) in [5, 5.41) is 8.50. The van der Waals surface area contributed by atoms with Crippen molar-refractivity contribution in [2.24, 2.45) is 0 Å². The smallest absolute Gasteiger partial charge is 0.262 e. The topological polar surface area (TPSA) is 69.7 Å².